The first kappa shape index (κ1) is 14.8. The number of nitrogens with one attached hydrogen (secondary N) is 1. The minimum Gasteiger partial charge on any atom is -0.353 e. The van der Waals surface area contributed by atoms with Gasteiger partial charge in [-0.1, -0.05) is 13.8 Å². The van der Waals surface area contributed by atoms with E-state index in [9.17, 15) is 4.79 Å². The lowest BCUT2D eigenvalue weighted by Gasteiger charge is -2.17. The molecule has 0 aliphatic carbocycles. The van der Waals surface area contributed by atoms with Crippen molar-refractivity contribution in [2.75, 3.05) is 11.5 Å². The van der Waals surface area contributed by atoms with Gasteiger partial charge in [-0.25, -0.2) is 0 Å². The van der Waals surface area contributed by atoms with E-state index in [0.29, 0.717) is 11.7 Å². The topological polar surface area (TPSA) is 55.1 Å². The molecule has 0 aromatic heterocycles. The minimum absolute atomic E-state index is 0.130. The Kier molecular flexibility index (Phi) is 7.88. The van der Waals surface area contributed by atoms with Crippen molar-refractivity contribution in [3.8, 4) is 0 Å². The van der Waals surface area contributed by atoms with Crippen molar-refractivity contribution in [1.29, 1.82) is 0 Å². The zero-order chi connectivity index (χ0) is 11.8. The molecule has 4 heteroatoms. The molecule has 0 saturated heterocycles. The molecule has 2 unspecified atom stereocenters. The second-order valence-electron chi connectivity index (χ2n) is 4.42. The van der Waals surface area contributed by atoms with Crippen LogP contribution in [0.5, 0.6) is 0 Å². The van der Waals surface area contributed by atoms with Crippen molar-refractivity contribution in [2.24, 2.45) is 11.7 Å². The molecule has 0 aliphatic rings. The maximum atomic E-state index is 11.4. The van der Waals surface area contributed by atoms with Gasteiger partial charge in [-0.2, -0.15) is 11.8 Å². The molecule has 0 fully saturated rings. The van der Waals surface area contributed by atoms with Crippen LogP contribution in [0.1, 0.15) is 34.1 Å². The fourth-order valence-corrected chi connectivity index (χ4v) is 1.85. The van der Waals surface area contributed by atoms with Gasteiger partial charge < -0.3 is 11.1 Å². The van der Waals surface area contributed by atoms with Crippen molar-refractivity contribution in [3.63, 3.8) is 0 Å². The van der Waals surface area contributed by atoms with Crippen molar-refractivity contribution in [1.82, 2.24) is 5.32 Å². The number of carbonyl (C=O) groups excluding carboxylic acids is 1. The number of amides is 1. The third-order valence-electron chi connectivity index (χ3n) is 2.34. The van der Waals surface area contributed by atoms with E-state index in [1.165, 1.54) is 0 Å². The van der Waals surface area contributed by atoms with Gasteiger partial charge in [-0.05, 0) is 31.9 Å². The summed E-state index contributed by atoms with van der Waals surface area (Å²) in [5.41, 5.74) is 5.62. The van der Waals surface area contributed by atoms with E-state index in [0.717, 1.165) is 12.2 Å². The van der Waals surface area contributed by atoms with E-state index in [1.54, 1.807) is 11.8 Å². The molecule has 0 aromatic rings. The van der Waals surface area contributed by atoms with Crippen molar-refractivity contribution < 1.29 is 4.79 Å². The fourth-order valence-electron chi connectivity index (χ4n) is 0.896. The molecule has 0 aromatic carbocycles. The van der Waals surface area contributed by atoms with Crippen LogP contribution in [-0.2, 0) is 4.79 Å². The highest BCUT2D eigenvalue weighted by atomic mass is 32.2. The maximum absolute atomic E-state index is 11.4. The smallest absolute Gasteiger partial charge is 0.230 e. The van der Waals surface area contributed by atoms with Crippen molar-refractivity contribution in [2.45, 2.75) is 46.2 Å². The molecule has 3 nitrogen and oxygen atoms in total. The van der Waals surface area contributed by atoms with Crippen LogP contribution in [0, 0.1) is 5.92 Å². The highest BCUT2D eigenvalue weighted by molar-refractivity contribution is 7.99. The molecule has 0 heterocycles. The monoisotopic (exact) mass is 232 g/mol. The van der Waals surface area contributed by atoms with Crippen LogP contribution in [0.25, 0.3) is 0 Å². The maximum Gasteiger partial charge on any atom is 0.230 e. The highest BCUT2D eigenvalue weighted by Gasteiger charge is 2.10. The summed E-state index contributed by atoms with van der Waals surface area (Å²) in [6.45, 7) is 8.24. The Balaban J connectivity index is 3.49. The summed E-state index contributed by atoms with van der Waals surface area (Å²) in [6, 6.07) is 0.488. The second kappa shape index (κ2) is 7.99. The zero-order valence-corrected chi connectivity index (χ0v) is 11.1. The molecule has 2 atom stereocenters. The number of carbonyl (C=O) groups is 1. The molecule has 3 N–H and O–H groups in total. The van der Waals surface area contributed by atoms with E-state index in [-0.39, 0.29) is 18.0 Å². The molecular weight excluding hydrogens is 208 g/mol. The third-order valence-corrected chi connectivity index (χ3v) is 3.33. The second-order valence-corrected chi connectivity index (χ2v) is 5.52. The first-order chi connectivity index (χ1) is 6.93. The number of hydrogen-bond acceptors (Lipinski definition) is 3. The fraction of sp³-hybridized carbons (Fsp3) is 0.909. The van der Waals surface area contributed by atoms with E-state index in [2.05, 4.69) is 19.2 Å². The average Bonchev–Trinajstić information content (AvgIpc) is 2.12. The summed E-state index contributed by atoms with van der Waals surface area (Å²) in [7, 11) is 0. The standard InChI is InChI=1S/C11H24N2OS/c1-8(2)10(4)13-11(14)7-15-6-5-9(3)12/h8-10H,5-7,12H2,1-4H3,(H,13,14). The van der Waals surface area contributed by atoms with Crippen LogP contribution in [0.3, 0.4) is 0 Å². The van der Waals surface area contributed by atoms with Gasteiger partial charge in [0.25, 0.3) is 0 Å². The molecule has 0 saturated carbocycles. The zero-order valence-electron chi connectivity index (χ0n) is 10.2. The van der Waals surface area contributed by atoms with E-state index in [1.807, 2.05) is 13.8 Å². The largest absolute Gasteiger partial charge is 0.353 e. The SMILES string of the molecule is CC(N)CCSCC(=O)NC(C)C(C)C. The van der Waals surface area contributed by atoms with Crippen LogP contribution < -0.4 is 11.1 Å². The molecule has 0 spiro atoms. The average molecular weight is 232 g/mol. The summed E-state index contributed by atoms with van der Waals surface area (Å²) in [6.07, 6.45) is 0.970. The Hall–Kier alpha value is -0.220. The van der Waals surface area contributed by atoms with Crippen LogP contribution in [0.4, 0.5) is 0 Å². The first-order valence-corrected chi connectivity index (χ1v) is 6.71. The van der Waals surface area contributed by atoms with Gasteiger partial charge in [0.1, 0.15) is 0 Å². The quantitative estimate of drug-likeness (QED) is 0.656. The van der Waals surface area contributed by atoms with Crippen molar-refractivity contribution >= 4 is 17.7 Å². The van der Waals surface area contributed by atoms with Gasteiger partial charge in [0, 0.05) is 12.1 Å². The summed E-state index contributed by atoms with van der Waals surface area (Å²) in [5.74, 6) is 2.12. The molecule has 15 heavy (non-hydrogen) atoms. The Labute approximate surface area is 97.6 Å². The van der Waals surface area contributed by atoms with Crippen LogP contribution in [-0.4, -0.2) is 29.5 Å². The van der Waals surface area contributed by atoms with Gasteiger partial charge >= 0.3 is 0 Å². The first-order valence-electron chi connectivity index (χ1n) is 5.56. The number of thioether (sulfide) groups is 1. The molecule has 0 aliphatic heterocycles. The number of nitrogens with two attached hydrogens (primary N) is 1. The predicted molar refractivity (Wildman–Crippen MR) is 68.0 cm³/mol. The molecule has 0 radical (unpaired) electrons. The molecule has 0 rings (SSSR count). The Morgan fingerprint density at radius 2 is 1.93 bits per heavy atom. The Morgan fingerprint density at radius 3 is 2.40 bits per heavy atom. The molecule has 0 bridgehead atoms. The van der Waals surface area contributed by atoms with E-state index in [4.69, 9.17) is 5.73 Å². The Morgan fingerprint density at radius 1 is 1.33 bits per heavy atom. The molecule has 90 valence electrons. The molecule has 1 amide bonds. The van der Waals surface area contributed by atoms with Gasteiger partial charge in [-0.15, -0.1) is 0 Å². The predicted octanol–water partition coefficient (Wildman–Crippen LogP) is 1.62. The number of hydrogen-bond donors (Lipinski definition) is 2. The summed E-state index contributed by atoms with van der Waals surface area (Å²) < 4.78 is 0. The lowest BCUT2D eigenvalue weighted by Crippen LogP contribution is -2.37. The van der Waals surface area contributed by atoms with E-state index >= 15 is 0 Å². The summed E-state index contributed by atoms with van der Waals surface area (Å²) >= 11 is 1.65. The molecular formula is C11H24N2OS. The Bertz CT molecular complexity index is 183. The van der Waals surface area contributed by atoms with E-state index < -0.39 is 0 Å². The normalized spacial score (nSPS) is 15.1. The number of rotatable bonds is 7. The summed E-state index contributed by atoms with van der Waals surface area (Å²) in [4.78, 5) is 11.4. The van der Waals surface area contributed by atoms with Gasteiger partial charge in [0.05, 0.1) is 5.75 Å². The highest BCUT2D eigenvalue weighted by Crippen LogP contribution is 2.05. The van der Waals surface area contributed by atoms with Crippen molar-refractivity contribution in [3.05, 3.63) is 0 Å². The van der Waals surface area contributed by atoms with Crippen LogP contribution >= 0.6 is 11.8 Å². The van der Waals surface area contributed by atoms with Crippen LogP contribution in [0.2, 0.25) is 0 Å². The lowest BCUT2D eigenvalue weighted by atomic mass is 10.1. The van der Waals surface area contributed by atoms with Gasteiger partial charge in [-0.3, -0.25) is 4.79 Å². The van der Waals surface area contributed by atoms with Gasteiger partial charge in [0.2, 0.25) is 5.91 Å². The lowest BCUT2D eigenvalue weighted by molar-refractivity contribution is -0.119. The minimum atomic E-state index is 0.130. The van der Waals surface area contributed by atoms with Gasteiger partial charge in [0.15, 0.2) is 0 Å². The third kappa shape index (κ3) is 8.75. The van der Waals surface area contributed by atoms with Crippen LogP contribution in [0.15, 0.2) is 0 Å². The summed E-state index contributed by atoms with van der Waals surface area (Å²) in [5, 5.41) is 2.98.